The lowest BCUT2D eigenvalue weighted by molar-refractivity contribution is -0.135. The Kier molecular flexibility index (Phi) is 15.2. The van der Waals surface area contributed by atoms with Gasteiger partial charge in [0, 0.05) is 18.0 Å². The van der Waals surface area contributed by atoms with Crippen molar-refractivity contribution in [2.24, 2.45) is 11.8 Å². The molecule has 0 spiro atoms. The molecule has 2 aromatic heterocycles. The number of nitrogens with one attached hydrogen (secondary N) is 4. The molecule has 6 atom stereocenters. The highest BCUT2D eigenvalue weighted by molar-refractivity contribution is 6.79. The van der Waals surface area contributed by atoms with Gasteiger partial charge in [0.15, 0.2) is 0 Å². The molecule has 0 saturated carbocycles. The Labute approximate surface area is 433 Å². The molecule has 73 heavy (non-hydrogen) atoms. The fraction of sp³-hybridized carbons (Fsp3) is 0.500. The van der Waals surface area contributed by atoms with E-state index in [-0.39, 0.29) is 53.2 Å². The number of methoxy groups -OCH3 is 2. The Morgan fingerprint density at radius 2 is 0.986 bits per heavy atom. The number of benzene rings is 3. The highest BCUT2D eigenvalue weighted by atomic mass is 28.3. The lowest BCUT2D eigenvalue weighted by atomic mass is 9.87. The van der Waals surface area contributed by atoms with E-state index in [1.807, 2.05) is 49.9 Å². The van der Waals surface area contributed by atoms with E-state index in [9.17, 15) is 19.2 Å². The van der Waals surface area contributed by atoms with Crippen LogP contribution in [0.5, 0.6) is 0 Å². The zero-order chi connectivity index (χ0) is 52.7. The van der Waals surface area contributed by atoms with Crippen LogP contribution < -0.4 is 15.5 Å². The topological polar surface area (TPSA) is 178 Å². The minimum Gasteiger partial charge on any atom is -0.453 e. The summed E-state index contributed by atoms with van der Waals surface area (Å²) in [5.74, 6) is 1.07. The first-order chi connectivity index (χ1) is 34.5. The van der Waals surface area contributed by atoms with E-state index in [0.717, 1.165) is 59.1 Å². The number of carbonyl (C=O) groups is 4. The second-order valence-corrected chi connectivity index (χ2v) is 33.9. The fourth-order valence-corrected chi connectivity index (χ4v) is 17.1. The Morgan fingerprint density at radius 3 is 1.33 bits per heavy atom. The van der Waals surface area contributed by atoms with Crippen LogP contribution in [-0.4, -0.2) is 109 Å². The summed E-state index contributed by atoms with van der Waals surface area (Å²) < 4.78 is 9.73. The lowest BCUT2D eigenvalue weighted by Gasteiger charge is -2.34. The number of aromatic amines is 2. The standard InChI is InChI=1S/C56H77N9O6Si2/c1-34(2)48(61-54(68)70-8)52(66)63-32-72(10,11)30-46(63)50-57-28-42(59-50)36-14-18-38(19-15-36)44-26-27-45(65(44)41-24-22-40(23-25-41)56(5,6)7)39-20-16-37(17-21-39)43-29-58-51(60-43)47-31-73(12,13)33-64(47)53(67)49(35(3)4)62-55(69)71-9/h14-25,28-29,34-35,44-49H,26-27,30-33H2,1-13H3,(H,57,59)(H,58,60)(H,61,68)(H,62,69)/t44-,45-,46+,47+,48+,49+/m1/s1. The summed E-state index contributed by atoms with van der Waals surface area (Å²) >= 11 is 0. The molecule has 3 aliphatic rings. The molecule has 5 heterocycles. The van der Waals surface area contributed by atoms with E-state index in [0.29, 0.717) is 12.3 Å². The van der Waals surface area contributed by atoms with Crippen LogP contribution in [0.1, 0.15) is 114 Å². The van der Waals surface area contributed by atoms with Gasteiger partial charge in [-0.15, -0.1) is 0 Å². The van der Waals surface area contributed by atoms with E-state index in [1.54, 1.807) is 0 Å². The molecule has 15 nitrogen and oxygen atoms in total. The van der Waals surface area contributed by atoms with Gasteiger partial charge in [-0.25, -0.2) is 19.6 Å². The maximum atomic E-state index is 14.1. The van der Waals surface area contributed by atoms with Gasteiger partial charge < -0.3 is 44.8 Å². The number of alkyl carbamates (subject to hydrolysis) is 2. The molecule has 3 aliphatic heterocycles. The first-order valence-corrected chi connectivity index (χ1v) is 32.8. The molecule has 4 amide bonds. The molecule has 0 bridgehead atoms. The van der Waals surface area contributed by atoms with Gasteiger partial charge in [-0.2, -0.15) is 0 Å². The van der Waals surface area contributed by atoms with Crippen LogP contribution >= 0.6 is 0 Å². The average Bonchev–Trinajstić information content (AvgIpc) is 4.21. The van der Waals surface area contributed by atoms with Gasteiger partial charge >= 0.3 is 12.2 Å². The van der Waals surface area contributed by atoms with Crippen LogP contribution in [-0.2, 0) is 24.5 Å². The van der Waals surface area contributed by atoms with Crippen LogP contribution in [0.15, 0.2) is 85.2 Å². The molecule has 390 valence electrons. The highest BCUT2D eigenvalue weighted by Crippen LogP contribution is 2.48. The molecule has 3 aromatic carbocycles. The number of rotatable bonds is 13. The van der Waals surface area contributed by atoms with Crippen LogP contribution in [0.4, 0.5) is 15.3 Å². The quantitative estimate of drug-likeness (QED) is 0.0836. The number of ether oxygens (including phenoxy) is 2. The van der Waals surface area contributed by atoms with Gasteiger partial charge in [0.1, 0.15) is 23.7 Å². The summed E-state index contributed by atoms with van der Waals surface area (Å²) in [6, 6.07) is 26.9. The predicted octanol–water partition coefficient (Wildman–Crippen LogP) is 10.9. The summed E-state index contributed by atoms with van der Waals surface area (Å²) in [5.41, 5.74) is 8.78. The highest BCUT2D eigenvalue weighted by Gasteiger charge is 2.47. The first-order valence-electron chi connectivity index (χ1n) is 26.0. The maximum Gasteiger partial charge on any atom is 0.407 e. The maximum absolute atomic E-state index is 14.1. The summed E-state index contributed by atoms with van der Waals surface area (Å²) in [7, 11) is -0.941. The van der Waals surface area contributed by atoms with Crippen LogP contribution in [0.25, 0.3) is 22.5 Å². The lowest BCUT2D eigenvalue weighted by Crippen LogP contribution is -2.52. The van der Waals surface area contributed by atoms with Crippen molar-refractivity contribution >= 4 is 45.8 Å². The summed E-state index contributed by atoms with van der Waals surface area (Å²) in [4.78, 5) is 76.0. The number of hydrogen-bond acceptors (Lipinski definition) is 9. The monoisotopic (exact) mass is 1030 g/mol. The minimum atomic E-state index is -1.78. The number of H-pyrrole nitrogens is 2. The SMILES string of the molecule is COC(=O)N[C@H](C(=O)N1C[Si](C)(C)C[C@H]1c1ncc(-c2ccc([C@H]3CC[C@H](c4ccc(-c5cnc([C@@H]6C[Si](C)(C)CN6C(=O)[C@@H](NC(=O)OC)C(C)C)[nH]5)cc4)N3c3ccc(C(C)(C)C)cc3)cc2)[nH]1)C(C)C. The molecule has 3 fully saturated rings. The van der Waals surface area contributed by atoms with E-state index >= 15 is 0 Å². The average molecular weight is 1030 g/mol. The smallest absolute Gasteiger partial charge is 0.407 e. The van der Waals surface area contributed by atoms with Crippen LogP contribution in [0, 0.1) is 11.8 Å². The van der Waals surface area contributed by atoms with Crippen LogP contribution in [0.2, 0.25) is 38.3 Å². The van der Waals surface area contributed by atoms with E-state index in [4.69, 9.17) is 19.4 Å². The number of hydrogen-bond donors (Lipinski definition) is 4. The van der Waals surface area contributed by atoms with Gasteiger partial charge in [0.25, 0.3) is 0 Å². The van der Waals surface area contributed by atoms with E-state index < -0.39 is 40.4 Å². The summed E-state index contributed by atoms with van der Waals surface area (Å²) in [6.45, 7) is 23.7. The van der Waals surface area contributed by atoms with E-state index in [2.05, 4.69) is 145 Å². The fourth-order valence-electron chi connectivity index (χ4n) is 11.3. The first kappa shape index (κ1) is 53.1. The van der Waals surface area contributed by atoms with Crippen molar-refractivity contribution in [1.29, 1.82) is 0 Å². The summed E-state index contributed by atoms with van der Waals surface area (Å²) in [6.07, 6.45) is 5.83. The molecule has 0 aliphatic carbocycles. The number of imidazole rings is 2. The van der Waals surface area contributed by atoms with Gasteiger partial charge in [-0.1, -0.05) is 135 Å². The number of nitrogens with zero attached hydrogens (tertiary/aromatic N) is 5. The molecule has 3 saturated heterocycles. The Hall–Kier alpha value is -6.21. The van der Waals surface area contributed by atoms with Crippen molar-refractivity contribution in [3.05, 3.63) is 114 Å². The largest absolute Gasteiger partial charge is 0.453 e. The van der Waals surface area contributed by atoms with Gasteiger partial charge in [0.2, 0.25) is 11.8 Å². The predicted molar refractivity (Wildman–Crippen MR) is 292 cm³/mol. The second kappa shape index (κ2) is 21.0. The van der Waals surface area contributed by atoms with E-state index in [1.165, 1.54) is 36.6 Å². The molecular weight excluding hydrogens is 951 g/mol. The Morgan fingerprint density at radius 1 is 0.603 bits per heavy atom. The molecule has 8 rings (SSSR count). The van der Waals surface area contributed by atoms with Gasteiger partial charge in [0.05, 0.1) is 78.3 Å². The normalized spacial score (nSPS) is 21.4. The zero-order valence-electron chi connectivity index (χ0n) is 45.1. The van der Waals surface area contributed by atoms with Crippen molar-refractivity contribution < 1.29 is 28.7 Å². The molecule has 0 radical (unpaired) electrons. The molecule has 0 unspecified atom stereocenters. The number of carbonyl (C=O) groups excluding carboxylic acids is 4. The molecule has 5 aromatic rings. The van der Waals surface area contributed by atoms with Gasteiger partial charge in [-0.05, 0) is 82.1 Å². The number of anilines is 1. The van der Waals surface area contributed by atoms with Crippen LogP contribution in [0.3, 0.4) is 0 Å². The van der Waals surface area contributed by atoms with Gasteiger partial charge in [-0.3, -0.25) is 9.59 Å². The van der Waals surface area contributed by atoms with Crippen molar-refractivity contribution in [3.8, 4) is 22.5 Å². The van der Waals surface area contributed by atoms with Crippen molar-refractivity contribution in [1.82, 2.24) is 40.4 Å². The van der Waals surface area contributed by atoms with Crippen molar-refractivity contribution in [3.63, 3.8) is 0 Å². The third-order valence-electron chi connectivity index (χ3n) is 15.2. The van der Waals surface area contributed by atoms with Crippen molar-refractivity contribution in [2.45, 2.75) is 141 Å². The Bertz CT molecular complexity index is 2600. The number of aromatic nitrogens is 4. The third-order valence-corrected chi connectivity index (χ3v) is 20.6. The zero-order valence-corrected chi connectivity index (χ0v) is 47.1. The molecule has 17 heteroatoms. The molecule has 4 N–H and O–H groups in total. The third kappa shape index (κ3) is 11.5. The van der Waals surface area contributed by atoms with Crippen molar-refractivity contribution in [2.75, 3.05) is 31.5 Å². The molecular formula is C56H77N9O6Si2. The minimum absolute atomic E-state index is 0.0248. The Balaban J connectivity index is 1.02. The summed E-state index contributed by atoms with van der Waals surface area (Å²) in [5, 5.41) is 5.55. The second-order valence-electron chi connectivity index (χ2n) is 23.8. The number of amides is 4.